The highest BCUT2D eigenvalue weighted by atomic mass is 16.8. The van der Waals surface area contributed by atoms with Gasteiger partial charge in [0.15, 0.2) is 29.6 Å². The number of imidazole rings is 1. The lowest BCUT2D eigenvalue weighted by molar-refractivity contribution is -0.197. The molecule has 0 radical (unpaired) electrons. The van der Waals surface area contributed by atoms with Gasteiger partial charge in [0.25, 0.3) is 5.91 Å². The summed E-state index contributed by atoms with van der Waals surface area (Å²) in [6.07, 6.45) is 0.427. The Hall–Kier alpha value is -2.30. The molecule has 0 aliphatic carbocycles. The number of nitrogens with zero attached hydrogens (tertiary/aromatic N) is 4. The van der Waals surface area contributed by atoms with Crippen LogP contribution in [0, 0.1) is 0 Å². The number of hydrogen-bond donors (Lipinski definition) is 2. The van der Waals surface area contributed by atoms with Gasteiger partial charge in [-0.2, -0.15) is 0 Å². The van der Waals surface area contributed by atoms with E-state index in [1.54, 1.807) is 10.9 Å². The van der Waals surface area contributed by atoms with Crippen LogP contribution < -0.4 is 11.1 Å². The second-order valence-electron chi connectivity index (χ2n) is 8.33. The van der Waals surface area contributed by atoms with Gasteiger partial charge in [0.05, 0.1) is 6.33 Å². The zero-order chi connectivity index (χ0) is 19.6. The number of nitrogen functional groups attached to an aromatic ring is 1. The fourth-order valence-corrected chi connectivity index (χ4v) is 3.51. The Labute approximate surface area is 156 Å². The first-order valence-corrected chi connectivity index (χ1v) is 8.82. The van der Waals surface area contributed by atoms with E-state index in [1.165, 1.54) is 6.33 Å². The maximum absolute atomic E-state index is 12.8. The van der Waals surface area contributed by atoms with Crippen LogP contribution in [-0.2, 0) is 19.0 Å². The number of anilines is 1. The summed E-state index contributed by atoms with van der Waals surface area (Å²) in [7, 11) is 0. The van der Waals surface area contributed by atoms with E-state index in [0.717, 1.165) is 0 Å². The van der Waals surface area contributed by atoms with E-state index in [2.05, 4.69) is 20.3 Å². The van der Waals surface area contributed by atoms with Gasteiger partial charge < -0.3 is 25.3 Å². The fourth-order valence-electron chi connectivity index (χ4n) is 3.51. The van der Waals surface area contributed by atoms with E-state index in [4.69, 9.17) is 19.9 Å². The minimum absolute atomic E-state index is 0.250. The molecule has 27 heavy (non-hydrogen) atoms. The predicted octanol–water partition coefficient (Wildman–Crippen LogP) is 0.741. The number of ether oxygens (including phenoxy) is 3. The number of carbonyl (C=O) groups is 1. The van der Waals surface area contributed by atoms with Crippen LogP contribution in [0.4, 0.5) is 5.82 Å². The Bertz CT molecular complexity index is 889. The molecule has 1 amide bonds. The highest BCUT2D eigenvalue weighted by molar-refractivity contribution is 5.83. The second kappa shape index (κ2) is 5.85. The van der Waals surface area contributed by atoms with Gasteiger partial charge in [-0.05, 0) is 34.6 Å². The summed E-state index contributed by atoms with van der Waals surface area (Å²) in [5.41, 5.74) is 6.46. The third-order valence-corrected chi connectivity index (χ3v) is 4.45. The Morgan fingerprint density at radius 3 is 2.63 bits per heavy atom. The minimum atomic E-state index is -0.831. The quantitative estimate of drug-likeness (QED) is 0.786. The van der Waals surface area contributed by atoms with Gasteiger partial charge >= 0.3 is 0 Å². The second-order valence-corrected chi connectivity index (χ2v) is 8.33. The molecule has 2 aromatic rings. The maximum atomic E-state index is 12.8. The maximum Gasteiger partial charge on any atom is 0.252 e. The number of amides is 1. The minimum Gasteiger partial charge on any atom is -0.382 e. The molecule has 4 heterocycles. The molecule has 2 fully saturated rings. The summed E-state index contributed by atoms with van der Waals surface area (Å²) in [6.45, 7) is 9.36. The van der Waals surface area contributed by atoms with Gasteiger partial charge in [0.1, 0.15) is 24.1 Å². The molecule has 2 aromatic heterocycles. The van der Waals surface area contributed by atoms with Crippen LogP contribution in [0.2, 0.25) is 0 Å². The third kappa shape index (κ3) is 3.13. The first kappa shape index (κ1) is 18.1. The van der Waals surface area contributed by atoms with Gasteiger partial charge in [-0.1, -0.05) is 0 Å². The number of nitrogens with one attached hydrogen (secondary N) is 1. The molecule has 0 spiro atoms. The first-order valence-electron chi connectivity index (χ1n) is 8.82. The van der Waals surface area contributed by atoms with Crippen LogP contribution in [0.5, 0.6) is 0 Å². The van der Waals surface area contributed by atoms with Crippen LogP contribution in [0.25, 0.3) is 11.2 Å². The van der Waals surface area contributed by atoms with Crippen molar-refractivity contribution in [1.29, 1.82) is 0 Å². The number of aromatic nitrogens is 4. The average molecular weight is 376 g/mol. The topological polar surface area (TPSA) is 126 Å². The Balaban J connectivity index is 1.71. The molecule has 2 aliphatic rings. The largest absolute Gasteiger partial charge is 0.382 e. The molecular formula is C17H24N6O4. The Kier molecular flexibility index (Phi) is 3.92. The summed E-state index contributed by atoms with van der Waals surface area (Å²) >= 11 is 0. The monoisotopic (exact) mass is 376 g/mol. The van der Waals surface area contributed by atoms with Crippen LogP contribution >= 0.6 is 0 Å². The van der Waals surface area contributed by atoms with Crippen molar-refractivity contribution < 1.29 is 19.0 Å². The normalized spacial score (nSPS) is 29.8. The van der Waals surface area contributed by atoms with E-state index < -0.39 is 35.9 Å². The Morgan fingerprint density at radius 1 is 1.22 bits per heavy atom. The van der Waals surface area contributed by atoms with Crippen LogP contribution in [-0.4, -0.2) is 55.1 Å². The van der Waals surface area contributed by atoms with Gasteiger partial charge in [0, 0.05) is 5.54 Å². The fraction of sp³-hybridized carbons (Fsp3) is 0.647. The first-order chi connectivity index (χ1) is 12.6. The summed E-state index contributed by atoms with van der Waals surface area (Å²) in [4.78, 5) is 25.3. The summed E-state index contributed by atoms with van der Waals surface area (Å²) in [6, 6.07) is 0. The van der Waals surface area contributed by atoms with E-state index in [-0.39, 0.29) is 11.7 Å². The lowest BCUT2D eigenvalue weighted by Gasteiger charge is -2.27. The molecule has 10 nitrogen and oxygen atoms in total. The van der Waals surface area contributed by atoms with Crippen molar-refractivity contribution in [3.63, 3.8) is 0 Å². The third-order valence-electron chi connectivity index (χ3n) is 4.45. The molecule has 0 unspecified atom stereocenters. The molecule has 2 saturated heterocycles. The van der Waals surface area contributed by atoms with Crippen LogP contribution in [0.3, 0.4) is 0 Å². The number of rotatable bonds is 2. The van der Waals surface area contributed by atoms with E-state index in [9.17, 15) is 4.79 Å². The highest BCUT2D eigenvalue weighted by Gasteiger charge is 2.58. The summed E-state index contributed by atoms with van der Waals surface area (Å²) in [5, 5.41) is 2.94. The lowest BCUT2D eigenvalue weighted by atomic mass is 10.1. The number of hydrogen-bond acceptors (Lipinski definition) is 8. The molecule has 10 heteroatoms. The SMILES string of the molecule is CC(C)(C)NC(=O)[C@H]1O[C@@H](n2cnc3c(N)ncnc32)[C@@H]2OC(C)(C)O[C@@H]21. The molecule has 146 valence electrons. The number of nitrogens with two attached hydrogens (primary N) is 1. The summed E-state index contributed by atoms with van der Waals surface area (Å²) < 4.78 is 19.8. The molecule has 0 saturated carbocycles. The van der Waals surface area contributed by atoms with Gasteiger partial charge in [-0.15, -0.1) is 0 Å². The summed E-state index contributed by atoms with van der Waals surface area (Å²) in [5.74, 6) is -0.804. The molecule has 0 bridgehead atoms. The molecule has 0 aromatic carbocycles. The van der Waals surface area contributed by atoms with E-state index in [1.807, 2.05) is 34.6 Å². The standard InChI is InChI=1S/C17H24N6O4/c1-16(2,3)22-14(24)10-9-11(27-17(4,5)26-9)15(25-10)23-7-21-8-12(18)19-6-20-13(8)23/h6-7,9-11,15H,1-5H3,(H,22,24)(H2,18,19,20)/t9-,10+,11-,15-/m1/s1. The van der Waals surface area contributed by atoms with Gasteiger partial charge in [-0.3, -0.25) is 9.36 Å². The van der Waals surface area contributed by atoms with Crippen molar-refractivity contribution in [2.75, 3.05) is 5.73 Å². The molecular weight excluding hydrogens is 352 g/mol. The smallest absolute Gasteiger partial charge is 0.252 e. The van der Waals surface area contributed by atoms with Crippen molar-refractivity contribution >= 4 is 22.9 Å². The van der Waals surface area contributed by atoms with E-state index in [0.29, 0.717) is 11.2 Å². The predicted molar refractivity (Wildman–Crippen MR) is 95.4 cm³/mol. The van der Waals surface area contributed by atoms with Crippen molar-refractivity contribution in [3.8, 4) is 0 Å². The lowest BCUT2D eigenvalue weighted by Crippen LogP contribution is -2.49. The van der Waals surface area contributed by atoms with Crippen molar-refractivity contribution in [2.45, 2.75) is 70.5 Å². The van der Waals surface area contributed by atoms with Crippen molar-refractivity contribution in [3.05, 3.63) is 12.7 Å². The van der Waals surface area contributed by atoms with Crippen molar-refractivity contribution in [2.24, 2.45) is 0 Å². The van der Waals surface area contributed by atoms with Crippen molar-refractivity contribution in [1.82, 2.24) is 24.8 Å². The zero-order valence-corrected chi connectivity index (χ0v) is 16.0. The van der Waals surface area contributed by atoms with Crippen LogP contribution in [0.1, 0.15) is 40.8 Å². The molecule has 4 rings (SSSR count). The van der Waals surface area contributed by atoms with Gasteiger partial charge in [0.2, 0.25) is 0 Å². The molecule has 2 aliphatic heterocycles. The zero-order valence-electron chi connectivity index (χ0n) is 16.0. The van der Waals surface area contributed by atoms with Crippen LogP contribution in [0.15, 0.2) is 12.7 Å². The highest BCUT2D eigenvalue weighted by Crippen LogP contribution is 2.44. The molecule has 4 atom stereocenters. The number of carbonyl (C=O) groups excluding carboxylic acids is 1. The Morgan fingerprint density at radius 2 is 1.93 bits per heavy atom. The van der Waals surface area contributed by atoms with E-state index >= 15 is 0 Å². The molecule has 3 N–H and O–H groups in total. The average Bonchev–Trinajstić information content (AvgIpc) is 3.16. The van der Waals surface area contributed by atoms with Gasteiger partial charge in [-0.25, -0.2) is 15.0 Å². The number of fused-ring (bicyclic) bond motifs is 2.